The summed E-state index contributed by atoms with van der Waals surface area (Å²) in [6, 6.07) is 7.46. The molecule has 0 fully saturated rings. The van der Waals surface area contributed by atoms with Crippen molar-refractivity contribution in [2.45, 2.75) is 39.0 Å². The number of carbonyl (C=O) groups excluding carboxylic acids is 3. The second-order valence-corrected chi connectivity index (χ2v) is 5.14. The Morgan fingerprint density at radius 3 is 2.32 bits per heavy atom. The highest BCUT2D eigenvalue weighted by molar-refractivity contribution is 5.97. The summed E-state index contributed by atoms with van der Waals surface area (Å²) in [4.78, 5) is 33.6. The van der Waals surface area contributed by atoms with Crippen molar-refractivity contribution in [1.82, 2.24) is 5.32 Å². The molecule has 0 radical (unpaired) electrons. The zero-order chi connectivity index (χ0) is 16.4. The van der Waals surface area contributed by atoms with E-state index in [1.165, 1.54) is 14.0 Å². The number of nitrogens with one attached hydrogen (secondary N) is 1. The summed E-state index contributed by atoms with van der Waals surface area (Å²) in [5.74, 6) is -0.429. The van der Waals surface area contributed by atoms with Crippen LogP contribution in [0.3, 0.4) is 0 Å². The average molecular weight is 305 g/mol. The fraction of sp³-hybridized carbons (Fsp3) is 0.471. The van der Waals surface area contributed by atoms with Crippen LogP contribution >= 0.6 is 0 Å². The summed E-state index contributed by atoms with van der Waals surface area (Å²) in [7, 11) is 1.31. The molecule has 0 unspecified atom stereocenters. The lowest BCUT2D eigenvalue weighted by atomic mass is 10.0. The van der Waals surface area contributed by atoms with Crippen LogP contribution in [-0.2, 0) is 20.7 Å². The molecule has 1 aromatic rings. The van der Waals surface area contributed by atoms with Gasteiger partial charge in [0, 0.05) is 25.5 Å². The molecule has 0 spiro atoms. The molecule has 5 nitrogen and oxygen atoms in total. The van der Waals surface area contributed by atoms with Gasteiger partial charge in [-0.2, -0.15) is 0 Å². The molecule has 0 atom stereocenters. The molecule has 0 aromatic heterocycles. The molecule has 1 amide bonds. The van der Waals surface area contributed by atoms with Gasteiger partial charge in [-0.15, -0.1) is 0 Å². The van der Waals surface area contributed by atoms with E-state index in [2.05, 4.69) is 10.1 Å². The number of esters is 1. The second-order valence-electron chi connectivity index (χ2n) is 5.14. The first-order valence-corrected chi connectivity index (χ1v) is 7.46. The van der Waals surface area contributed by atoms with Gasteiger partial charge in [-0.3, -0.25) is 14.4 Å². The molecule has 1 rings (SSSR count). The number of aryl methyl sites for hydroxylation is 1. The Morgan fingerprint density at radius 2 is 1.73 bits per heavy atom. The van der Waals surface area contributed by atoms with E-state index >= 15 is 0 Å². The maximum atomic E-state index is 11.9. The first kappa shape index (κ1) is 17.9. The summed E-state index contributed by atoms with van der Waals surface area (Å²) in [5.41, 5.74) is 1.78. The number of benzene rings is 1. The number of unbranched alkanes of at least 4 members (excludes halogenated alkanes) is 1. The third-order valence-electron chi connectivity index (χ3n) is 3.33. The molecule has 1 aromatic carbocycles. The Morgan fingerprint density at radius 1 is 1.05 bits per heavy atom. The van der Waals surface area contributed by atoms with E-state index in [1.807, 2.05) is 12.1 Å². The van der Waals surface area contributed by atoms with Gasteiger partial charge >= 0.3 is 5.97 Å². The van der Waals surface area contributed by atoms with Gasteiger partial charge in [-0.05, 0) is 24.8 Å². The molecule has 0 saturated carbocycles. The fourth-order valence-corrected chi connectivity index (χ4v) is 2.04. The van der Waals surface area contributed by atoms with Gasteiger partial charge in [-0.1, -0.05) is 24.3 Å². The van der Waals surface area contributed by atoms with E-state index < -0.39 is 0 Å². The molecule has 1 N–H and O–H groups in total. The molecule has 0 heterocycles. The van der Waals surface area contributed by atoms with E-state index in [4.69, 9.17) is 0 Å². The van der Waals surface area contributed by atoms with Crippen LogP contribution in [0.5, 0.6) is 0 Å². The first-order valence-electron chi connectivity index (χ1n) is 7.46. The summed E-state index contributed by atoms with van der Waals surface area (Å²) in [5, 5.41) is 2.76. The third kappa shape index (κ3) is 7.02. The van der Waals surface area contributed by atoms with Crippen molar-refractivity contribution in [2.24, 2.45) is 0 Å². The lowest BCUT2D eigenvalue weighted by Crippen LogP contribution is -2.20. The number of ether oxygens (including phenoxy) is 1. The Bertz CT molecular complexity index is 508. The van der Waals surface area contributed by atoms with Crippen molar-refractivity contribution < 1.29 is 19.1 Å². The number of ketones is 1. The summed E-state index contributed by atoms with van der Waals surface area (Å²) in [6.07, 6.45) is 3.11. The lowest BCUT2D eigenvalue weighted by molar-refractivity contribution is -0.140. The molecule has 0 aliphatic heterocycles. The Balaban J connectivity index is 2.34. The zero-order valence-electron chi connectivity index (χ0n) is 13.2. The predicted octanol–water partition coefficient (Wildman–Crippen LogP) is 2.28. The number of methoxy groups -OCH3 is 1. The van der Waals surface area contributed by atoms with E-state index in [9.17, 15) is 14.4 Å². The average Bonchev–Trinajstić information content (AvgIpc) is 2.52. The van der Waals surface area contributed by atoms with Crippen LogP contribution in [-0.4, -0.2) is 31.3 Å². The van der Waals surface area contributed by atoms with Crippen LogP contribution in [0.2, 0.25) is 0 Å². The molecule has 0 aliphatic rings. The topological polar surface area (TPSA) is 72.5 Å². The van der Waals surface area contributed by atoms with Gasteiger partial charge in [0.05, 0.1) is 13.5 Å². The third-order valence-corrected chi connectivity index (χ3v) is 3.33. The number of amides is 1. The molecular weight excluding hydrogens is 282 g/mol. The molecule has 120 valence electrons. The smallest absolute Gasteiger partial charge is 0.305 e. The van der Waals surface area contributed by atoms with E-state index in [0.29, 0.717) is 12.1 Å². The van der Waals surface area contributed by atoms with Gasteiger partial charge in [0.25, 0.3) is 0 Å². The first-order chi connectivity index (χ1) is 10.5. The molecule has 22 heavy (non-hydrogen) atoms. The zero-order valence-corrected chi connectivity index (χ0v) is 13.2. The number of Topliss-reactive ketones (excluding diaryl/α,β-unsaturated/α-hetero) is 1. The Hall–Kier alpha value is -2.17. The Kier molecular flexibility index (Phi) is 7.89. The van der Waals surface area contributed by atoms with Crippen molar-refractivity contribution in [2.75, 3.05) is 13.7 Å². The Labute approximate surface area is 131 Å². The van der Waals surface area contributed by atoms with Crippen molar-refractivity contribution in [3.05, 3.63) is 35.4 Å². The van der Waals surface area contributed by atoms with Gasteiger partial charge in [0.1, 0.15) is 0 Å². The monoisotopic (exact) mass is 305 g/mol. The minimum atomic E-state index is -0.371. The quantitative estimate of drug-likeness (QED) is 0.431. The molecule has 0 bridgehead atoms. The van der Waals surface area contributed by atoms with Gasteiger partial charge in [0.2, 0.25) is 5.91 Å². The highest BCUT2D eigenvalue weighted by Gasteiger charge is 2.09. The van der Waals surface area contributed by atoms with E-state index in [-0.39, 0.29) is 30.5 Å². The van der Waals surface area contributed by atoms with Crippen LogP contribution in [0.25, 0.3) is 0 Å². The van der Waals surface area contributed by atoms with Crippen molar-refractivity contribution in [1.29, 1.82) is 0 Å². The van der Waals surface area contributed by atoms with Crippen molar-refractivity contribution in [3.63, 3.8) is 0 Å². The van der Waals surface area contributed by atoms with Crippen LogP contribution in [0.15, 0.2) is 24.3 Å². The lowest BCUT2D eigenvalue weighted by Gasteiger charge is -2.05. The van der Waals surface area contributed by atoms with Crippen LogP contribution in [0.4, 0.5) is 0 Å². The molecule has 0 aliphatic carbocycles. The minimum absolute atomic E-state index is 0.00480. The maximum absolute atomic E-state index is 11.9. The largest absolute Gasteiger partial charge is 0.469 e. The van der Waals surface area contributed by atoms with E-state index in [0.717, 1.165) is 24.8 Å². The normalized spacial score (nSPS) is 10.1. The van der Waals surface area contributed by atoms with Crippen LogP contribution in [0, 0.1) is 0 Å². The van der Waals surface area contributed by atoms with Crippen molar-refractivity contribution in [3.8, 4) is 0 Å². The minimum Gasteiger partial charge on any atom is -0.469 e. The summed E-state index contributed by atoms with van der Waals surface area (Å²) < 4.78 is 4.52. The van der Waals surface area contributed by atoms with Gasteiger partial charge in [-0.25, -0.2) is 0 Å². The highest BCUT2D eigenvalue weighted by Crippen LogP contribution is 2.11. The molecular formula is C17H23NO4. The standard InChI is InChI=1S/C17H23NO4/c1-13(19)18-12-4-3-5-14-6-8-15(9-7-14)16(20)10-11-17(21)22-2/h6-9H,3-5,10-12H2,1-2H3,(H,18,19). The number of hydrogen-bond acceptors (Lipinski definition) is 4. The number of rotatable bonds is 9. The number of hydrogen-bond donors (Lipinski definition) is 1. The second kappa shape index (κ2) is 9.71. The van der Waals surface area contributed by atoms with E-state index in [1.54, 1.807) is 12.1 Å². The number of carbonyl (C=O) groups is 3. The summed E-state index contributed by atoms with van der Waals surface area (Å²) >= 11 is 0. The van der Waals surface area contributed by atoms with Crippen LogP contribution < -0.4 is 5.32 Å². The molecule has 0 saturated heterocycles. The van der Waals surface area contributed by atoms with Gasteiger partial charge < -0.3 is 10.1 Å². The predicted molar refractivity (Wildman–Crippen MR) is 83.6 cm³/mol. The maximum Gasteiger partial charge on any atom is 0.305 e. The van der Waals surface area contributed by atoms with Crippen LogP contribution in [0.1, 0.15) is 48.5 Å². The molecule has 5 heteroatoms. The fourth-order valence-electron chi connectivity index (χ4n) is 2.04. The van der Waals surface area contributed by atoms with Crippen molar-refractivity contribution >= 4 is 17.7 Å². The van der Waals surface area contributed by atoms with Gasteiger partial charge in [0.15, 0.2) is 5.78 Å². The SMILES string of the molecule is COC(=O)CCC(=O)c1ccc(CCCCNC(C)=O)cc1. The highest BCUT2D eigenvalue weighted by atomic mass is 16.5. The summed E-state index contributed by atoms with van der Waals surface area (Å²) in [6.45, 7) is 2.20.